The molecule has 4 atom stereocenters. The number of hydrogen-bond acceptors (Lipinski definition) is 0. The number of rotatable bonds is 5. The Labute approximate surface area is 172 Å². The van der Waals surface area contributed by atoms with Gasteiger partial charge in [-0.2, -0.15) is 0 Å². The summed E-state index contributed by atoms with van der Waals surface area (Å²) in [5, 5.41) is 0.264. The van der Waals surface area contributed by atoms with Gasteiger partial charge >= 0.3 is 0 Å². The van der Waals surface area contributed by atoms with Crippen LogP contribution >= 0.6 is 0 Å². The minimum absolute atomic E-state index is 0.113. The highest BCUT2D eigenvalue weighted by Crippen LogP contribution is 2.49. The highest BCUT2D eigenvalue weighted by atomic mass is 19.2. The molecule has 0 aromatic heterocycles. The van der Waals surface area contributed by atoms with Crippen molar-refractivity contribution >= 4 is 10.8 Å². The van der Waals surface area contributed by atoms with Crippen LogP contribution in [-0.4, -0.2) is 0 Å². The van der Waals surface area contributed by atoms with E-state index in [9.17, 15) is 8.78 Å². The van der Waals surface area contributed by atoms with E-state index in [0.717, 1.165) is 31.1 Å². The zero-order valence-electron chi connectivity index (χ0n) is 17.3. The quantitative estimate of drug-likeness (QED) is 0.445. The van der Waals surface area contributed by atoms with Gasteiger partial charge in [0, 0.05) is 0 Å². The van der Waals surface area contributed by atoms with Crippen molar-refractivity contribution in [2.75, 3.05) is 0 Å². The molecule has 2 fully saturated rings. The molecule has 0 aliphatic heterocycles. The van der Waals surface area contributed by atoms with E-state index in [1.54, 1.807) is 18.2 Å². The highest BCUT2D eigenvalue weighted by Gasteiger charge is 2.36. The zero-order chi connectivity index (χ0) is 20.5. The summed E-state index contributed by atoms with van der Waals surface area (Å²) in [5.41, 5.74) is 0.862. The van der Waals surface area contributed by atoms with Gasteiger partial charge in [0.2, 0.25) is 0 Å². The maximum absolute atomic E-state index is 15.4. The summed E-state index contributed by atoms with van der Waals surface area (Å²) in [7, 11) is 0. The predicted molar refractivity (Wildman–Crippen MR) is 114 cm³/mol. The minimum Gasteiger partial charge on any atom is -0.206 e. The zero-order valence-corrected chi connectivity index (χ0v) is 17.3. The fourth-order valence-electron chi connectivity index (χ4n) is 5.85. The topological polar surface area (TPSA) is 0 Å². The molecule has 0 amide bonds. The van der Waals surface area contributed by atoms with Crippen LogP contribution < -0.4 is 0 Å². The standard InChI is InChI=1S/C26H31F3/c1-3-5-6-21-15-20-11-12-22(25(28)23(20)26(29)24(21)27)19-10-9-17-13-16(4-2)7-8-18(17)14-19/h3,11-12,15-19H,1,4-10,13-14H2,2H3. The molecule has 156 valence electrons. The Hall–Kier alpha value is -1.77. The van der Waals surface area contributed by atoms with Crippen LogP contribution in [0.3, 0.4) is 0 Å². The third kappa shape index (κ3) is 3.85. The maximum Gasteiger partial charge on any atom is 0.169 e. The second-order valence-corrected chi connectivity index (χ2v) is 9.18. The molecule has 0 radical (unpaired) electrons. The lowest BCUT2D eigenvalue weighted by molar-refractivity contribution is 0.116. The van der Waals surface area contributed by atoms with Gasteiger partial charge in [-0.3, -0.25) is 0 Å². The monoisotopic (exact) mass is 400 g/mol. The summed E-state index contributed by atoms with van der Waals surface area (Å²) < 4.78 is 44.7. The highest BCUT2D eigenvalue weighted by molar-refractivity contribution is 5.85. The van der Waals surface area contributed by atoms with Crippen molar-refractivity contribution in [3.05, 3.63) is 59.4 Å². The van der Waals surface area contributed by atoms with Crippen LogP contribution in [0.25, 0.3) is 10.8 Å². The second kappa shape index (κ2) is 8.53. The van der Waals surface area contributed by atoms with E-state index in [1.807, 2.05) is 6.07 Å². The van der Waals surface area contributed by atoms with Crippen LogP contribution in [0.1, 0.15) is 75.3 Å². The Morgan fingerprint density at radius 3 is 2.48 bits per heavy atom. The lowest BCUT2D eigenvalue weighted by Crippen LogP contribution is -2.30. The molecule has 2 aromatic rings. The van der Waals surface area contributed by atoms with Gasteiger partial charge in [0.25, 0.3) is 0 Å². The molecular formula is C26H31F3. The Morgan fingerprint density at radius 1 is 0.966 bits per heavy atom. The first-order chi connectivity index (χ1) is 14.0. The van der Waals surface area contributed by atoms with Crippen molar-refractivity contribution < 1.29 is 13.2 Å². The van der Waals surface area contributed by atoms with E-state index >= 15 is 4.39 Å². The van der Waals surface area contributed by atoms with Crippen LogP contribution in [0.5, 0.6) is 0 Å². The molecule has 4 unspecified atom stereocenters. The summed E-state index contributed by atoms with van der Waals surface area (Å²) in [6.45, 7) is 5.90. The second-order valence-electron chi connectivity index (χ2n) is 9.18. The van der Waals surface area contributed by atoms with Crippen molar-refractivity contribution in [1.82, 2.24) is 0 Å². The van der Waals surface area contributed by atoms with E-state index < -0.39 is 17.5 Å². The van der Waals surface area contributed by atoms with Crippen molar-refractivity contribution in [2.45, 2.75) is 70.6 Å². The van der Waals surface area contributed by atoms with Gasteiger partial charge in [-0.25, -0.2) is 13.2 Å². The summed E-state index contributed by atoms with van der Waals surface area (Å²) in [6, 6.07) is 5.18. The molecule has 29 heavy (non-hydrogen) atoms. The van der Waals surface area contributed by atoms with E-state index in [4.69, 9.17) is 0 Å². The number of allylic oxidation sites excluding steroid dienone is 1. The average Bonchev–Trinajstić information content (AvgIpc) is 2.74. The fraction of sp³-hybridized carbons (Fsp3) is 0.538. The third-order valence-corrected chi connectivity index (χ3v) is 7.58. The Balaban J connectivity index is 1.63. The molecule has 0 heterocycles. The minimum atomic E-state index is -1.04. The molecule has 2 aliphatic rings. The molecule has 0 nitrogen and oxygen atoms in total. The number of benzene rings is 2. The maximum atomic E-state index is 15.4. The molecule has 3 heteroatoms. The van der Waals surface area contributed by atoms with Crippen LogP contribution in [0, 0.1) is 35.2 Å². The summed E-state index contributed by atoms with van der Waals surface area (Å²) in [5.74, 6) is -0.154. The van der Waals surface area contributed by atoms with Gasteiger partial charge in [0.1, 0.15) is 5.82 Å². The van der Waals surface area contributed by atoms with E-state index in [2.05, 4.69) is 13.5 Å². The molecule has 2 aliphatic carbocycles. The molecule has 4 rings (SSSR count). The average molecular weight is 401 g/mol. The molecule has 0 saturated heterocycles. The number of halogens is 3. The van der Waals surface area contributed by atoms with Gasteiger partial charge < -0.3 is 0 Å². The van der Waals surface area contributed by atoms with Gasteiger partial charge in [0.15, 0.2) is 11.6 Å². The largest absolute Gasteiger partial charge is 0.206 e. The summed E-state index contributed by atoms with van der Waals surface area (Å²) >= 11 is 0. The first kappa shape index (κ1) is 20.5. The van der Waals surface area contributed by atoms with Crippen LogP contribution in [0.15, 0.2) is 30.9 Å². The molecule has 0 N–H and O–H groups in total. The lowest BCUT2D eigenvalue weighted by atomic mass is 9.63. The first-order valence-electron chi connectivity index (χ1n) is 11.2. The Morgan fingerprint density at radius 2 is 1.72 bits per heavy atom. The van der Waals surface area contributed by atoms with Gasteiger partial charge in [0.05, 0.1) is 5.39 Å². The van der Waals surface area contributed by atoms with E-state index in [1.165, 1.54) is 25.7 Å². The third-order valence-electron chi connectivity index (χ3n) is 7.58. The Bertz CT molecular complexity index is 901. The summed E-state index contributed by atoms with van der Waals surface area (Å²) in [6.07, 6.45) is 10.7. The number of hydrogen-bond donors (Lipinski definition) is 0. The normalized spacial score (nSPS) is 27.0. The van der Waals surface area contributed by atoms with Gasteiger partial charge in [-0.05, 0) is 91.2 Å². The smallest absolute Gasteiger partial charge is 0.169 e. The first-order valence-corrected chi connectivity index (χ1v) is 11.2. The molecule has 2 saturated carbocycles. The fourth-order valence-corrected chi connectivity index (χ4v) is 5.85. The predicted octanol–water partition coefficient (Wildman–Crippen LogP) is 8.09. The van der Waals surface area contributed by atoms with Gasteiger partial charge in [-0.1, -0.05) is 38.0 Å². The lowest BCUT2D eigenvalue weighted by Gasteiger charge is -2.42. The number of aryl methyl sites for hydroxylation is 1. The van der Waals surface area contributed by atoms with Crippen molar-refractivity contribution in [1.29, 1.82) is 0 Å². The number of fused-ring (bicyclic) bond motifs is 2. The Kier molecular flexibility index (Phi) is 6.03. The van der Waals surface area contributed by atoms with Crippen LogP contribution in [-0.2, 0) is 6.42 Å². The van der Waals surface area contributed by atoms with E-state index in [-0.39, 0.29) is 16.9 Å². The van der Waals surface area contributed by atoms with Crippen molar-refractivity contribution in [2.24, 2.45) is 17.8 Å². The molecule has 0 bridgehead atoms. The molecular weight excluding hydrogens is 369 g/mol. The van der Waals surface area contributed by atoms with Crippen LogP contribution in [0.2, 0.25) is 0 Å². The van der Waals surface area contributed by atoms with Crippen molar-refractivity contribution in [3.8, 4) is 0 Å². The van der Waals surface area contributed by atoms with E-state index in [0.29, 0.717) is 29.7 Å². The van der Waals surface area contributed by atoms with Gasteiger partial charge in [-0.15, -0.1) is 6.58 Å². The SMILES string of the molecule is C=CCCc1cc2ccc(C3CCC4CC(CC)CCC4C3)c(F)c2c(F)c1F. The summed E-state index contributed by atoms with van der Waals surface area (Å²) in [4.78, 5) is 0. The molecule has 2 aromatic carbocycles. The molecule has 0 spiro atoms. The van der Waals surface area contributed by atoms with Crippen molar-refractivity contribution in [3.63, 3.8) is 0 Å². The van der Waals surface area contributed by atoms with Crippen LogP contribution in [0.4, 0.5) is 13.2 Å².